The fraction of sp³-hybridized carbons (Fsp3) is 0.0455. The van der Waals surface area contributed by atoms with Crippen molar-refractivity contribution in [2.75, 3.05) is 0 Å². The second-order valence-corrected chi connectivity index (χ2v) is 6.18. The SMILES string of the molecule is O=C(N/N=C\c1cccc(OCc2ccccc2)c1)c1ccc2nc[nH]c2c1. The van der Waals surface area contributed by atoms with Crippen LogP contribution in [0.15, 0.2) is 84.2 Å². The second kappa shape index (κ2) is 8.18. The first-order valence-corrected chi connectivity index (χ1v) is 8.81. The molecule has 28 heavy (non-hydrogen) atoms. The minimum atomic E-state index is -0.288. The summed E-state index contributed by atoms with van der Waals surface area (Å²) in [5, 5.41) is 4.04. The molecule has 0 aliphatic heterocycles. The molecule has 3 aromatic carbocycles. The number of H-pyrrole nitrogens is 1. The van der Waals surface area contributed by atoms with E-state index in [4.69, 9.17) is 4.74 Å². The molecule has 2 N–H and O–H groups in total. The Morgan fingerprint density at radius 3 is 2.86 bits per heavy atom. The highest BCUT2D eigenvalue weighted by Crippen LogP contribution is 2.14. The van der Waals surface area contributed by atoms with Crippen LogP contribution < -0.4 is 10.2 Å². The lowest BCUT2D eigenvalue weighted by Gasteiger charge is -2.06. The van der Waals surface area contributed by atoms with Crippen molar-refractivity contribution < 1.29 is 9.53 Å². The highest BCUT2D eigenvalue weighted by Gasteiger charge is 2.06. The minimum absolute atomic E-state index is 0.288. The first-order chi connectivity index (χ1) is 13.8. The predicted molar refractivity (Wildman–Crippen MR) is 108 cm³/mol. The third-order valence-electron chi connectivity index (χ3n) is 4.17. The van der Waals surface area contributed by atoms with Gasteiger partial charge in [-0.1, -0.05) is 42.5 Å². The van der Waals surface area contributed by atoms with E-state index in [2.05, 4.69) is 20.5 Å². The first kappa shape index (κ1) is 17.5. The number of aromatic nitrogens is 2. The third kappa shape index (κ3) is 4.24. The van der Waals surface area contributed by atoms with Crippen LogP contribution in [0.5, 0.6) is 5.75 Å². The van der Waals surface area contributed by atoms with E-state index in [0.29, 0.717) is 12.2 Å². The zero-order valence-electron chi connectivity index (χ0n) is 15.0. The molecule has 0 saturated heterocycles. The maximum Gasteiger partial charge on any atom is 0.271 e. The predicted octanol–water partition coefficient (Wildman–Crippen LogP) is 3.91. The van der Waals surface area contributed by atoms with Crippen LogP contribution in [0.3, 0.4) is 0 Å². The van der Waals surface area contributed by atoms with Crippen LogP contribution in [0.2, 0.25) is 0 Å². The first-order valence-electron chi connectivity index (χ1n) is 8.81. The monoisotopic (exact) mass is 370 g/mol. The van der Waals surface area contributed by atoms with Crippen molar-refractivity contribution >= 4 is 23.2 Å². The lowest BCUT2D eigenvalue weighted by atomic mass is 10.2. The molecule has 0 saturated carbocycles. The molecular weight excluding hydrogens is 352 g/mol. The number of rotatable bonds is 6. The van der Waals surface area contributed by atoms with Gasteiger partial charge in [-0.2, -0.15) is 5.10 Å². The number of carbonyl (C=O) groups excluding carboxylic acids is 1. The van der Waals surface area contributed by atoms with E-state index < -0.39 is 0 Å². The summed E-state index contributed by atoms with van der Waals surface area (Å²) in [5.74, 6) is 0.452. The molecule has 6 heteroatoms. The number of carbonyl (C=O) groups is 1. The highest BCUT2D eigenvalue weighted by molar-refractivity contribution is 5.97. The van der Waals surface area contributed by atoms with Crippen molar-refractivity contribution in [1.82, 2.24) is 15.4 Å². The van der Waals surface area contributed by atoms with E-state index in [1.807, 2.05) is 54.6 Å². The van der Waals surface area contributed by atoms with E-state index in [-0.39, 0.29) is 5.91 Å². The molecule has 6 nitrogen and oxygen atoms in total. The van der Waals surface area contributed by atoms with E-state index in [0.717, 1.165) is 27.9 Å². The molecule has 0 atom stereocenters. The van der Waals surface area contributed by atoms with Crippen LogP contribution in [0, 0.1) is 0 Å². The van der Waals surface area contributed by atoms with Gasteiger partial charge in [-0.3, -0.25) is 4.79 Å². The number of hydrogen-bond donors (Lipinski definition) is 2. The molecule has 0 aliphatic rings. The standard InChI is InChI=1S/C22H18N4O2/c27-22(18-9-10-20-21(12-18)24-15-23-20)26-25-13-17-7-4-8-19(11-17)28-14-16-5-2-1-3-6-16/h1-13,15H,14H2,(H,23,24)(H,26,27)/b25-13-. The summed E-state index contributed by atoms with van der Waals surface area (Å²) in [7, 11) is 0. The number of benzene rings is 3. The van der Waals surface area contributed by atoms with Gasteiger partial charge in [0.15, 0.2) is 0 Å². The fourth-order valence-electron chi connectivity index (χ4n) is 2.73. The molecule has 4 rings (SSSR count). The molecule has 4 aromatic rings. The van der Waals surface area contributed by atoms with Crippen molar-refractivity contribution in [3.63, 3.8) is 0 Å². The molecule has 0 unspecified atom stereocenters. The number of nitrogens with one attached hydrogen (secondary N) is 2. The second-order valence-electron chi connectivity index (χ2n) is 6.18. The lowest BCUT2D eigenvalue weighted by Crippen LogP contribution is -2.17. The Morgan fingerprint density at radius 1 is 1.07 bits per heavy atom. The maximum absolute atomic E-state index is 12.2. The van der Waals surface area contributed by atoms with Crippen LogP contribution in [-0.2, 0) is 6.61 Å². The Bertz CT molecular complexity index is 1120. The molecule has 1 aromatic heterocycles. The lowest BCUT2D eigenvalue weighted by molar-refractivity contribution is 0.0955. The van der Waals surface area contributed by atoms with Crippen LogP contribution in [0.25, 0.3) is 11.0 Å². The number of nitrogens with zero attached hydrogens (tertiary/aromatic N) is 2. The number of ether oxygens (including phenoxy) is 1. The maximum atomic E-state index is 12.2. The zero-order valence-corrected chi connectivity index (χ0v) is 15.0. The van der Waals surface area contributed by atoms with Crippen molar-refractivity contribution in [2.24, 2.45) is 5.10 Å². The Morgan fingerprint density at radius 2 is 1.96 bits per heavy atom. The molecule has 0 fully saturated rings. The van der Waals surface area contributed by atoms with Crippen LogP contribution in [0.4, 0.5) is 0 Å². The Hall–Kier alpha value is -3.93. The molecule has 1 amide bonds. The normalized spacial score (nSPS) is 11.0. The van der Waals surface area contributed by atoms with Crippen LogP contribution in [-0.4, -0.2) is 22.1 Å². The fourth-order valence-corrected chi connectivity index (χ4v) is 2.73. The molecule has 0 spiro atoms. The number of hydrazone groups is 1. The summed E-state index contributed by atoms with van der Waals surface area (Å²) < 4.78 is 5.80. The number of amides is 1. The van der Waals surface area contributed by atoms with Crippen molar-refractivity contribution in [3.8, 4) is 5.75 Å². The zero-order chi connectivity index (χ0) is 19.2. The molecule has 0 aliphatic carbocycles. The van der Waals surface area contributed by atoms with Gasteiger partial charge in [-0.25, -0.2) is 10.4 Å². The van der Waals surface area contributed by atoms with Crippen LogP contribution >= 0.6 is 0 Å². The summed E-state index contributed by atoms with van der Waals surface area (Å²) in [6.07, 6.45) is 3.18. The van der Waals surface area contributed by atoms with Gasteiger partial charge in [0.25, 0.3) is 5.91 Å². The Kier molecular flexibility index (Phi) is 5.11. The molecule has 138 valence electrons. The third-order valence-corrected chi connectivity index (χ3v) is 4.17. The van der Waals surface area contributed by atoms with Crippen molar-refractivity contribution in [3.05, 3.63) is 95.8 Å². The summed E-state index contributed by atoms with van der Waals surface area (Å²) >= 11 is 0. The average molecular weight is 370 g/mol. The molecular formula is C22H18N4O2. The molecule has 1 heterocycles. The van der Waals surface area contributed by atoms with Gasteiger partial charge in [-0.05, 0) is 41.5 Å². The summed E-state index contributed by atoms with van der Waals surface area (Å²) in [6, 6.07) is 22.7. The summed E-state index contributed by atoms with van der Waals surface area (Å²) in [4.78, 5) is 19.4. The van der Waals surface area contributed by atoms with Gasteiger partial charge in [-0.15, -0.1) is 0 Å². The van der Waals surface area contributed by atoms with E-state index in [1.54, 1.807) is 30.7 Å². The quantitative estimate of drug-likeness (QED) is 0.399. The topological polar surface area (TPSA) is 79.4 Å². The smallest absolute Gasteiger partial charge is 0.271 e. The van der Waals surface area contributed by atoms with Crippen molar-refractivity contribution in [1.29, 1.82) is 0 Å². The van der Waals surface area contributed by atoms with E-state index in [1.165, 1.54) is 0 Å². The molecule has 0 bridgehead atoms. The average Bonchev–Trinajstić information content (AvgIpc) is 3.21. The largest absolute Gasteiger partial charge is 0.489 e. The minimum Gasteiger partial charge on any atom is -0.489 e. The van der Waals surface area contributed by atoms with E-state index in [9.17, 15) is 4.79 Å². The number of imidazole rings is 1. The van der Waals surface area contributed by atoms with Crippen molar-refractivity contribution in [2.45, 2.75) is 6.61 Å². The van der Waals surface area contributed by atoms with Crippen LogP contribution in [0.1, 0.15) is 21.5 Å². The van der Waals surface area contributed by atoms with Gasteiger partial charge in [0.2, 0.25) is 0 Å². The van der Waals surface area contributed by atoms with Gasteiger partial charge < -0.3 is 9.72 Å². The van der Waals surface area contributed by atoms with Gasteiger partial charge in [0.05, 0.1) is 23.6 Å². The number of fused-ring (bicyclic) bond motifs is 1. The Labute approximate surface area is 161 Å². The molecule has 0 radical (unpaired) electrons. The highest BCUT2D eigenvalue weighted by atomic mass is 16.5. The van der Waals surface area contributed by atoms with Gasteiger partial charge in [0, 0.05) is 5.56 Å². The summed E-state index contributed by atoms with van der Waals surface area (Å²) in [5.41, 5.74) is 6.59. The van der Waals surface area contributed by atoms with E-state index >= 15 is 0 Å². The summed E-state index contributed by atoms with van der Waals surface area (Å²) in [6.45, 7) is 0.494. The number of hydrogen-bond acceptors (Lipinski definition) is 4. The Balaban J connectivity index is 1.36. The van der Waals surface area contributed by atoms with Gasteiger partial charge >= 0.3 is 0 Å². The van der Waals surface area contributed by atoms with Gasteiger partial charge in [0.1, 0.15) is 12.4 Å². The number of aromatic amines is 1.